The summed E-state index contributed by atoms with van der Waals surface area (Å²) in [5.41, 5.74) is 2.88. The number of benzene rings is 1. The first-order chi connectivity index (χ1) is 9.63. The van der Waals surface area contributed by atoms with E-state index in [0.29, 0.717) is 18.0 Å². The summed E-state index contributed by atoms with van der Waals surface area (Å²) in [5, 5.41) is 3.54. The highest BCUT2D eigenvalue weighted by Crippen LogP contribution is 2.26. The zero-order valence-electron chi connectivity index (χ0n) is 13.5. The van der Waals surface area contributed by atoms with Gasteiger partial charge in [-0.1, -0.05) is 45.0 Å². The largest absolute Gasteiger partial charge is 0.315 e. The van der Waals surface area contributed by atoms with Crippen LogP contribution in [0.3, 0.4) is 0 Å². The van der Waals surface area contributed by atoms with Gasteiger partial charge in [0.15, 0.2) is 0 Å². The van der Waals surface area contributed by atoms with Gasteiger partial charge >= 0.3 is 0 Å². The molecule has 1 aromatic rings. The number of likely N-dealkylation sites (N-methyl/N-ethyl adjacent to an activating group) is 1. The number of nitrogens with zero attached hydrogens (tertiary/aromatic N) is 1. The summed E-state index contributed by atoms with van der Waals surface area (Å²) < 4.78 is 0. The van der Waals surface area contributed by atoms with Crippen molar-refractivity contribution in [1.82, 2.24) is 10.2 Å². The van der Waals surface area contributed by atoms with Crippen LogP contribution in [0.1, 0.15) is 63.6 Å². The lowest BCUT2D eigenvalue weighted by Gasteiger charge is -2.38. The van der Waals surface area contributed by atoms with Gasteiger partial charge < -0.3 is 5.32 Å². The quantitative estimate of drug-likeness (QED) is 0.874. The maximum Gasteiger partial charge on any atom is 0.0323 e. The van der Waals surface area contributed by atoms with Crippen LogP contribution < -0.4 is 5.32 Å². The van der Waals surface area contributed by atoms with Crippen molar-refractivity contribution in [2.24, 2.45) is 0 Å². The van der Waals surface area contributed by atoms with E-state index in [0.717, 1.165) is 13.1 Å². The lowest BCUT2D eigenvalue weighted by Crippen LogP contribution is -2.46. The molecule has 2 unspecified atom stereocenters. The van der Waals surface area contributed by atoms with Crippen LogP contribution >= 0.6 is 0 Å². The van der Waals surface area contributed by atoms with Crippen molar-refractivity contribution >= 4 is 0 Å². The van der Waals surface area contributed by atoms with E-state index in [1.54, 1.807) is 0 Å². The third kappa shape index (κ3) is 3.62. The van der Waals surface area contributed by atoms with E-state index in [4.69, 9.17) is 0 Å². The zero-order chi connectivity index (χ0) is 14.5. The molecule has 0 aliphatic carbocycles. The second-order valence-electron chi connectivity index (χ2n) is 6.33. The van der Waals surface area contributed by atoms with E-state index in [2.05, 4.69) is 62.2 Å². The number of hydrogen-bond donors (Lipinski definition) is 1. The molecule has 1 saturated heterocycles. The fourth-order valence-corrected chi connectivity index (χ4v) is 3.32. The fraction of sp³-hybridized carbons (Fsp3) is 0.667. The Balaban J connectivity index is 2.08. The van der Waals surface area contributed by atoms with Crippen LogP contribution in [0.15, 0.2) is 24.3 Å². The Morgan fingerprint density at radius 2 is 1.80 bits per heavy atom. The van der Waals surface area contributed by atoms with Gasteiger partial charge in [0.2, 0.25) is 0 Å². The molecule has 0 amide bonds. The molecule has 20 heavy (non-hydrogen) atoms. The molecule has 2 heteroatoms. The van der Waals surface area contributed by atoms with E-state index < -0.39 is 0 Å². The van der Waals surface area contributed by atoms with Crippen molar-refractivity contribution < 1.29 is 0 Å². The van der Waals surface area contributed by atoms with Gasteiger partial charge in [0, 0.05) is 18.6 Å². The minimum atomic E-state index is 0.506. The second kappa shape index (κ2) is 7.24. The van der Waals surface area contributed by atoms with Crippen molar-refractivity contribution in [1.29, 1.82) is 0 Å². The molecule has 112 valence electrons. The summed E-state index contributed by atoms with van der Waals surface area (Å²) in [6, 6.07) is 10.4. The maximum absolute atomic E-state index is 3.54. The summed E-state index contributed by atoms with van der Waals surface area (Å²) in [7, 11) is 0. The number of hydrogen-bond acceptors (Lipinski definition) is 2. The molecule has 1 heterocycles. The highest BCUT2D eigenvalue weighted by molar-refractivity contribution is 5.26. The normalized spacial score (nSPS) is 21.4. The molecular formula is C18H30N2. The van der Waals surface area contributed by atoms with Crippen LogP contribution in [0.25, 0.3) is 0 Å². The average Bonchev–Trinajstić information content (AvgIpc) is 2.49. The molecule has 0 saturated carbocycles. The molecular weight excluding hydrogens is 244 g/mol. The Labute approximate surface area is 124 Å². The molecule has 0 radical (unpaired) electrons. The third-order valence-electron chi connectivity index (χ3n) is 4.69. The van der Waals surface area contributed by atoms with Gasteiger partial charge in [0.25, 0.3) is 0 Å². The van der Waals surface area contributed by atoms with Gasteiger partial charge in [-0.3, -0.25) is 4.90 Å². The minimum absolute atomic E-state index is 0.506. The van der Waals surface area contributed by atoms with E-state index in [-0.39, 0.29) is 0 Å². The molecule has 2 nitrogen and oxygen atoms in total. The lowest BCUT2D eigenvalue weighted by atomic mass is 9.97. The van der Waals surface area contributed by atoms with Crippen molar-refractivity contribution in [2.75, 3.05) is 19.6 Å². The van der Waals surface area contributed by atoms with E-state index >= 15 is 0 Å². The molecule has 2 rings (SSSR count). The molecule has 0 aromatic heterocycles. The molecule has 1 aliphatic rings. The van der Waals surface area contributed by atoms with Crippen LogP contribution in [0, 0.1) is 0 Å². The smallest absolute Gasteiger partial charge is 0.0323 e. The third-order valence-corrected chi connectivity index (χ3v) is 4.69. The van der Waals surface area contributed by atoms with Gasteiger partial charge in [0.05, 0.1) is 0 Å². The van der Waals surface area contributed by atoms with Crippen molar-refractivity contribution in [3.63, 3.8) is 0 Å². The van der Waals surface area contributed by atoms with Crippen molar-refractivity contribution in [2.45, 2.75) is 58.5 Å². The van der Waals surface area contributed by atoms with Crippen LogP contribution in [0.2, 0.25) is 0 Å². The fourth-order valence-electron chi connectivity index (χ4n) is 3.32. The predicted octanol–water partition coefficient (Wildman–Crippen LogP) is 3.94. The number of nitrogens with one attached hydrogen (secondary N) is 1. The van der Waals surface area contributed by atoms with E-state index in [1.165, 1.54) is 30.5 Å². The number of rotatable bonds is 5. The molecule has 2 atom stereocenters. The summed E-state index contributed by atoms with van der Waals surface area (Å²) in [5.74, 6) is 0.615. The van der Waals surface area contributed by atoms with E-state index in [1.807, 2.05) is 0 Å². The van der Waals surface area contributed by atoms with Crippen LogP contribution in [0.5, 0.6) is 0 Å². The van der Waals surface area contributed by atoms with Crippen molar-refractivity contribution in [3.8, 4) is 0 Å². The van der Waals surface area contributed by atoms with E-state index in [9.17, 15) is 0 Å². The Kier molecular flexibility index (Phi) is 5.62. The standard InChI is InChI=1S/C18H30N2/c1-5-20(18-7-6-12-19-13-18)15(4)17-10-8-16(9-11-17)14(2)3/h8-11,14-15,18-19H,5-7,12-13H2,1-4H3. The predicted molar refractivity (Wildman–Crippen MR) is 87.2 cm³/mol. The molecule has 1 aliphatic heterocycles. The Morgan fingerprint density at radius 1 is 1.15 bits per heavy atom. The first-order valence-corrected chi connectivity index (χ1v) is 8.19. The minimum Gasteiger partial charge on any atom is -0.315 e. The summed E-state index contributed by atoms with van der Waals surface area (Å²) in [4.78, 5) is 2.65. The summed E-state index contributed by atoms with van der Waals surface area (Å²) in [6.07, 6.45) is 2.63. The maximum atomic E-state index is 3.54. The molecule has 1 fully saturated rings. The van der Waals surface area contributed by atoms with Crippen molar-refractivity contribution in [3.05, 3.63) is 35.4 Å². The Hall–Kier alpha value is -0.860. The van der Waals surface area contributed by atoms with Gasteiger partial charge in [-0.25, -0.2) is 0 Å². The first-order valence-electron chi connectivity index (χ1n) is 8.19. The highest BCUT2D eigenvalue weighted by Gasteiger charge is 2.24. The molecule has 0 spiro atoms. The van der Waals surface area contributed by atoms with Crippen LogP contribution in [-0.2, 0) is 0 Å². The van der Waals surface area contributed by atoms with Gasteiger partial charge in [-0.15, -0.1) is 0 Å². The monoisotopic (exact) mass is 274 g/mol. The second-order valence-corrected chi connectivity index (χ2v) is 6.33. The molecule has 1 N–H and O–H groups in total. The van der Waals surface area contributed by atoms with Gasteiger partial charge in [0.1, 0.15) is 0 Å². The topological polar surface area (TPSA) is 15.3 Å². The lowest BCUT2D eigenvalue weighted by molar-refractivity contribution is 0.128. The van der Waals surface area contributed by atoms with Gasteiger partial charge in [-0.2, -0.15) is 0 Å². The summed E-state index contributed by atoms with van der Waals surface area (Å²) >= 11 is 0. The SMILES string of the molecule is CCN(C1CCCNC1)C(C)c1ccc(C(C)C)cc1. The highest BCUT2D eigenvalue weighted by atomic mass is 15.2. The average molecular weight is 274 g/mol. The van der Waals surface area contributed by atoms with Gasteiger partial charge in [-0.05, 0) is 49.9 Å². The Bertz CT molecular complexity index is 390. The van der Waals surface area contributed by atoms with Crippen LogP contribution in [-0.4, -0.2) is 30.6 Å². The zero-order valence-corrected chi connectivity index (χ0v) is 13.5. The molecule has 1 aromatic carbocycles. The Morgan fingerprint density at radius 3 is 2.30 bits per heavy atom. The van der Waals surface area contributed by atoms with Crippen LogP contribution in [0.4, 0.5) is 0 Å². The first kappa shape index (κ1) is 15.5. The summed E-state index contributed by atoms with van der Waals surface area (Å²) in [6.45, 7) is 12.6. The number of piperidine rings is 1. The molecule has 0 bridgehead atoms.